The van der Waals surface area contributed by atoms with Gasteiger partial charge in [-0.1, -0.05) is 0 Å². The molecule has 2 fully saturated rings. The fraction of sp³-hybridized carbons (Fsp3) is 0.810. The van der Waals surface area contributed by atoms with E-state index < -0.39 is 29.2 Å². The van der Waals surface area contributed by atoms with Crippen LogP contribution in [0.1, 0.15) is 54.4 Å². The number of aliphatic carboxylic acids is 1. The summed E-state index contributed by atoms with van der Waals surface area (Å²) in [6.07, 6.45) is 0.366. The van der Waals surface area contributed by atoms with Gasteiger partial charge in [-0.3, -0.25) is 9.59 Å². The van der Waals surface area contributed by atoms with Crippen molar-refractivity contribution in [3.8, 4) is 0 Å². The predicted octanol–water partition coefficient (Wildman–Crippen LogP) is 2.74. The lowest BCUT2D eigenvalue weighted by Gasteiger charge is -2.24. The molecule has 0 aliphatic carbocycles. The summed E-state index contributed by atoms with van der Waals surface area (Å²) in [5, 5.41) is 8.77. The average Bonchev–Trinajstić information content (AvgIpc) is 3.28. The van der Waals surface area contributed by atoms with E-state index in [0.29, 0.717) is 32.5 Å². The van der Waals surface area contributed by atoms with Gasteiger partial charge < -0.3 is 29.1 Å². The molecule has 0 aromatic rings. The Balaban J connectivity index is 0.000000311. The summed E-state index contributed by atoms with van der Waals surface area (Å²) in [5.41, 5.74) is -1.03. The van der Waals surface area contributed by atoms with Gasteiger partial charge in [0.15, 0.2) is 0 Å². The van der Waals surface area contributed by atoms with Crippen molar-refractivity contribution in [3.05, 3.63) is 0 Å². The number of carboxylic acid groups (broad SMARTS) is 1. The molecule has 0 aromatic carbocycles. The predicted molar refractivity (Wildman–Crippen MR) is 111 cm³/mol. The molecule has 0 saturated carbocycles. The third-order valence-corrected chi connectivity index (χ3v) is 4.56. The SMILES string of the molecule is CC(C)(C)OC(=O)N1CC[C@H](C(=O)O)C1.COC(=O)[C@H]1CCN(C(=O)OC(C)(C)C)C1. The molecule has 10 heteroatoms. The second kappa shape index (κ2) is 10.7. The van der Waals surface area contributed by atoms with Gasteiger partial charge in [0.25, 0.3) is 0 Å². The summed E-state index contributed by atoms with van der Waals surface area (Å²) >= 11 is 0. The molecule has 178 valence electrons. The Bertz CT molecular complexity index is 665. The molecule has 0 spiro atoms. The average molecular weight is 445 g/mol. The van der Waals surface area contributed by atoms with Gasteiger partial charge in [-0.05, 0) is 54.4 Å². The first-order chi connectivity index (χ1) is 14.1. The smallest absolute Gasteiger partial charge is 0.410 e. The number of carbonyl (C=O) groups excluding carboxylic acids is 3. The molecule has 2 rings (SSSR count). The highest BCUT2D eigenvalue weighted by Crippen LogP contribution is 2.21. The zero-order valence-electron chi connectivity index (χ0n) is 19.6. The molecule has 31 heavy (non-hydrogen) atoms. The molecule has 0 bridgehead atoms. The standard InChI is InChI=1S/C11H19NO4.C10H17NO4/c1-11(2,3)16-10(14)12-6-5-8(7-12)9(13)15-4;1-10(2,3)15-9(14)11-5-4-7(6-11)8(12)13/h8H,5-7H2,1-4H3;7H,4-6H2,1-3H3,(H,12,13)/t8-;7-/m00/s1. The molecule has 2 aliphatic rings. The van der Waals surface area contributed by atoms with E-state index in [1.807, 2.05) is 20.8 Å². The highest BCUT2D eigenvalue weighted by molar-refractivity contribution is 5.76. The van der Waals surface area contributed by atoms with Gasteiger partial charge in [0.1, 0.15) is 11.2 Å². The molecule has 2 amide bonds. The van der Waals surface area contributed by atoms with Crippen LogP contribution in [0.25, 0.3) is 0 Å². The maximum absolute atomic E-state index is 11.7. The maximum Gasteiger partial charge on any atom is 0.410 e. The van der Waals surface area contributed by atoms with E-state index in [2.05, 4.69) is 4.74 Å². The van der Waals surface area contributed by atoms with E-state index in [1.54, 1.807) is 25.7 Å². The monoisotopic (exact) mass is 444 g/mol. The highest BCUT2D eigenvalue weighted by atomic mass is 16.6. The Morgan fingerprint density at radius 3 is 1.48 bits per heavy atom. The van der Waals surface area contributed by atoms with Crippen LogP contribution in [0.15, 0.2) is 0 Å². The molecular formula is C21H36N2O8. The second-order valence-electron chi connectivity index (χ2n) is 9.69. The zero-order valence-corrected chi connectivity index (χ0v) is 19.6. The lowest BCUT2D eigenvalue weighted by atomic mass is 10.1. The fourth-order valence-corrected chi connectivity index (χ4v) is 3.07. The minimum absolute atomic E-state index is 0.211. The van der Waals surface area contributed by atoms with Gasteiger partial charge in [-0.2, -0.15) is 0 Å². The van der Waals surface area contributed by atoms with Crippen LogP contribution in [0.4, 0.5) is 9.59 Å². The first-order valence-electron chi connectivity index (χ1n) is 10.4. The van der Waals surface area contributed by atoms with Gasteiger partial charge in [-0.15, -0.1) is 0 Å². The van der Waals surface area contributed by atoms with E-state index in [9.17, 15) is 19.2 Å². The van der Waals surface area contributed by atoms with Crippen LogP contribution in [-0.2, 0) is 23.8 Å². The lowest BCUT2D eigenvalue weighted by molar-refractivity contribution is -0.145. The Labute approximate surface area is 183 Å². The number of likely N-dealkylation sites (tertiary alicyclic amines) is 2. The number of rotatable bonds is 2. The normalized spacial score (nSPS) is 21.1. The minimum Gasteiger partial charge on any atom is -0.481 e. The van der Waals surface area contributed by atoms with E-state index in [-0.39, 0.29) is 24.5 Å². The van der Waals surface area contributed by atoms with Crippen LogP contribution in [0, 0.1) is 11.8 Å². The van der Waals surface area contributed by atoms with E-state index >= 15 is 0 Å². The molecular weight excluding hydrogens is 408 g/mol. The summed E-state index contributed by atoms with van der Waals surface area (Å²) in [6.45, 7) is 12.5. The lowest BCUT2D eigenvalue weighted by Crippen LogP contribution is -2.36. The number of carbonyl (C=O) groups is 4. The summed E-state index contributed by atoms with van der Waals surface area (Å²) in [6, 6.07) is 0. The molecule has 10 nitrogen and oxygen atoms in total. The summed E-state index contributed by atoms with van der Waals surface area (Å²) in [4.78, 5) is 48.1. The molecule has 0 unspecified atom stereocenters. The maximum atomic E-state index is 11.7. The van der Waals surface area contributed by atoms with Crippen LogP contribution in [0.3, 0.4) is 0 Å². The summed E-state index contributed by atoms with van der Waals surface area (Å²) < 4.78 is 15.0. The molecule has 2 heterocycles. The van der Waals surface area contributed by atoms with Crippen molar-refractivity contribution in [2.24, 2.45) is 11.8 Å². The number of methoxy groups -OCH3 is 1. The van der Waals surface area contributed by atoms with Crippen LogP contribution in [0.2, 0.25) is 0 Å². The van der Waals surface area contributed by atoms with Crippen molar-refractivity contribution in [3.63, 3.8) is 0 Å². The Morgan fingerprint density at radius 2 is 1.16 bits per heavy atom. The van der Waals surface area contributed by atoms with E-state index in [1.165, 1.54) is 12.0 Å². The van der Waals surface area contributed by atoms with Gasteiger partial charge >= 0.3 is 24.1 Å². The van der Waals surface area contributed by atoms with Crippen molar-refractivity contribution >= 4 is 24.1 Å². The van der Waals surface area contributed by atoms with E-state index in [0.717, 1.165) is 0 Å². The van der Waals surface area contributed by atoms with Crippen molar-refractivity contribution in [2.75, 3.05) is 33.3 Å². The van der Waals surface area contributed by atoms with Crippen molar-refractivity contribution < 1.29 is 38.5 Å². The Morgan fingerprint density at radius 1 is 0.774 bits per heavy atom. The number of carboxylic acids is 1. The zero-order chi connectivity index (χ0) is 24.0. The molecule has 2 aliphatic heterocycles. The first kappa shape index (κ1) is 26.5. The summed E-state index contributed by atoms with van der Waals surface area (Å²) in [5.74, 6) is -1.76. The second-order valence-corrected chi connectivity index (χ2v) is 9.69. The van der Waals surface area contributed by atoms with Crippen LogP contribution in [-0.4, -0.2) is 83.5 Å². The van der Waals surface area contributed by atoms with Gasteiger partial charge in [0, 0.05) is 26.2 Å². The van der Waals surface area contributed by atoms with Crippen LogP contribution >= 0.6 is 0 Å². The molecule has 2 saturated heterocycles. The Kier molecular flexibility index (Phi) is 9.13. The molecule has 0 aromatic heterocycles. The topological polar surface area (TPSA) is 123 Å². The fourth-order valence-electron chi connectivity index (χ4n) is 3.07. The van der Waals surface area contributed by atoms with Crippen LogP contribution < -0.4 is 0 Å². The summed E-state index contributed by atoms with van der Waals surface area (Å²) in [7, 11) is 1.36. The number of esters is 1. The number of amides is 2. The Hall–Kier alpha value is -2.52. The van der Waals surface area contributed by atoms with Gasteiger partial charge in [0.2, 0.25) is 0 Å². The molecule has 0 radical (unpaired) electrons. The van der Waals surface area contributed by atoms with Crippen molar-refractivity contribution in [1.82, 2.24) is 9.80 Å². The minimum atomic E-state index is -0.846. The van der Waals surface area contributed by atoms with Crippen molar-refractivity contribution in [1.29, 1.82) is 0 Å². The third-order valence-electron chi connectivity index (χ3n) is 4.56. The first-order valence-corrected chi connectivity index (χ1v) is 10.4. The van der Waals surface area contributed by atoms with Gasteiger partial charge in [0.05, 0.1) is 18.9 Å². The quantitative estimate of drug-likeness (QED) is 0.509. The number of hydrogen-bond donors (Lipinski definition) is 1. The molecule has 2 atom stereocenters. The largest absolute Gasteiger partial charge is 0.481 e. The highest BCUT2D eigenvalue weighted by Gasteiger charge is 2.34. The van der Waals surface area contributed by atoms with E-state index in [4.69, 9.17) is 14.6 Å². The number of hydrogen-bond acceptors (Lipinski definition) is 7. The third kappa shape index (κ3) is 9.44. The van der Waals surface area contributed by atoms with Gasteiger partial charge in [-0.25, -0.2) is 9.59 Å². The molecule has 1 N–H and O–H groups in total. The number of nitrogens with zero attached hydrogens (tertiary/aromatic N) is 2. The van der Waals surface area contributed by atoms with Crippen LogP contribution in [0.5, 0.6) is 0 Å². The number of ether oxygens (including phenoxy) is 3. The van der Waals surface area contributed by atoms with Crippen molar-refractivity contribution in [2.45, 2.75) is 65.6 Å².